The van der Waals surface area contributed by atoms with Crippen LogP contribution in [0.4, 0.5) is 4.39 Å². The molecule has 1 heterocycles. The maximum Gasteiger partial charge on any atom is 0.257 e. The Kier molecular flexibility index (Phi) is 4.01. The van der Waals surface area contributed by atoms with Crippen LogP contribution in [-0.2, 0) is 6.54 Å². The zero-order valence-corrected chi connectivity index (χ0v) is 12.9. The smallest absolute Gasteiger partial charge is 0.257 e. The van der Waals surface area contributed by atoms with Crippen LogP contribution in [0.15, 0.2) is 47.2 Å². The fraction of sp³-hybridized carbons (Fsp3) is 0.250. The lowest BCUT2D eigenvalue weighted by Crippen LogP contribution is -2.33. The van der Waals surface area contributed by atoms with E-state index < -0.39 is 0 Å². The van der Waals surface area contributed by atoms with E-state index in [0.29, 0.717) is 15.7 Å². The first-order valence-electron chi connectivity index (χ1n) is 6.81. The van der Waals surface area contributed by atoms with Crippen molar-refractivity contribution in [1.82, 2.24) is 9.88 Å². The molecule has 3 rings (SSSR count). The van der Waals surface area contributed by atoms with Crippen molar-refractivity contribution in [3.63, 3.8) is 0 Å². The summed E-state index contributed by atoms with van der Waals surface area (Å²) in [5.41, 5.74) is 1.05. The Balaban J connectivity index is 1.87. The van der Waals surface area contributed by atoms with Gasteiger partial charge in [0.1, 0.15) is 10.4 Å². The van der Waals surface area contributed by atoms with Crippen molar-refractivity contribution in [2.24, 2.45) is 0 Å². The molecule has 1 aliphatic rings. The van der Waals surface area contributed by atoms with E-state index >= 15 is 0 Å². The second-order valence-corrected chi connectivity index (χ2v) is 5.85. The highest BCUT2D eigenvalue weighted by Crippen LogP contribution is 2.31. The van der Waals surface area contributed by atoms with Crippen molar-refractivity contribution in [2.75, 3.05) is 0 Å². The first-order chi connectivity index (χ1) is 10.2. The number of halogens is 2. The van der Waals surface area contributed by atoms with Crippen LogP contribution >= 0.6 is 15.9 Å². The molecule has 0 saturated heterocycles. The van der Waals surface area contributed by atoms with Gasteiger partial charge in [0.2, 0.25) is 0 Å². The third-order valence-electron chi connectivity index (χ3n) is 3.54. The van der Waals surface area contributed by atoms with Crippen LogP contribution in [0.5, 0.6) is 0 Å². The highest BCUT2D eigenvalue weighted by Gasteiger charge is 2.34. The highest BCUT2D eigenvalue weighted by molar-refractivity contribution is 9.10. The summed E-state index contributed by atoms with van der Waals surface area (Å²) in [6.45, 7) is 0.289. The van der Waals surface area contributed by atoms with Crippen molar-refractivity contribution in [3.8, 4) is 0 Å². The van der Waals surface area contributed by atoms with Crippen LogP contribution in [0.25, 0.3) is 0 Å². The number of carbonyl (C=O) groups is 1. The monoisotopic (exact) mass is 348 g/mol. The summed E-state index contributed by atoms with van der Waals surface area (Å²) in [5, 5.41) is 0. The van der Waals surface area contributed by atoms with E-state index in [1.165, 1.54) is 6.07 Å². The minimum Gasteiger partial charge on any atom is -0.331 e. The Morgan fingerprint density at radius 3 is 2.71 bits per heavy atom. The van der Waals surface area contributed by atoms with E-state index in [1.807, 2.05) is 0 Å². The minimum absolute atomic E-state index is 0.110. The number of benzene rings is 1. The van der Waals surface area contributed by atoms with Gasteiger partial charge in [0.25, 0.3) is 5.91 Å². The molecule has 0 radical (unpaired) electrons. The van der Waals surface area contributed by atoms with Gasteiger partial charge in [-0.1, -0.05) is 18.2 Å². The molecule has 1 aromatic heterocycles. The molecule has 1 saturated carbocycles. The molecule has 1 aliphatic carbocycles. The Hall–Kier alpha value is -1.75. The quantitative estimate of drug-likeness (QED) is 0.787. The lowest BCUT2D eigenvalue weighted by molar-refractivity contribution is 0.0727. The third-order valence-corrected chi connectivity index (χ3v) is 4.17. The Labute approximate surface area is 130 Å². The predicted molar refractivity (Wildman–Crippen MR) is 81.2 cm³/mol. The average molecular weight is 349 g/mol. The maximum atomic E-state index is 13.8. The largest absolute Gasteiger partial charge is 0.331 e. The van der Waals surface area contributed by atoms with Crippen LogP contribution < -0.4 is 0 Å². The molecule has 1 aromatic carbocycles. The van der Waals surface area contributed by atoms with Crippen molar-refractivity contribution >= 4 is 21.8 Å². The molecule has 0 aliphatic heterocycles. The van der Waals surface area contributed by atoms with E-state index in [1.54, 1.807) is 41.4 Å². The van der Waals surface area contributed by atoms with Crippen LogP contribution in [0.3, 0.4) is 0 Å². The lowest BCUT2D eigenvalue weighted by Gasteiger charge is -2.23. The van der Waals surface area contributed by atoms with E-state index in [4.69, 9.17) is 0 Å². The number of amides is 1. The summed E-state index contributed by atoms with van der Waals surface area (Å²) in [5.74, 6) is -0.387. The van der Waals surface area contributed by atoms with Crippen LogP contribution in [0, 0.1) is 5.82 Å². The first-order valence-corrected chi connectivity index (χ1v) is 7.61. The number of hydrogen-bond acceptors (Lipinski definition) is 2. The van der Waals surface area contributed by atoms with Gasteiger partial charge in [0.05, 0.1) is 5.56 Å². The highest BCUT2D eigenvalue weighted by atomic mass is 79.9. The van der Waals surface area contributed by atoms with E-state index in [0.717, 1.165) is 12.8 Å². The lowest BCUT2D eigenvalue weighted by atomic mass is 10.1. The first kappa shape index (κ1) is 14.2. The van der Waals surface area contributed by atoms with Crippen LogP contribution in [-0.4, -0.2) is 21.8 Å². The second-order valence-electron chi connectivity index (χ2n) is 5.10. The van der Waals surface area contributed by atoms with Crippen molar-refractivity contribution in [3.05, 3.63) is 64.1 Å². The van der Waals surface area contributed by atoms with Gasteiger partial charge < -0.3 is 4.90 Å². The second kappa shape index (κ2) is 5.93. The Morgan fingerprint density at radius 2 is 2.05 bits per heavy atom. The molecule has 2 aromatic rings. The number of pyridine rings is 1. The minimum atomic E-state index is -0.277. The Bertz CT molecular complexity index is 673. The van der Waals surface area contributed by atoms with Crippen molar-refractivity contribution < 1.29 is 9.18 Å². The van der Waals surface area contributed by atoms with E-state index in [9.17, 15) is 9.18 Å². The summed E-state index contributed by atoms with van der Waals surface area (Å²) in [6.07, 6.45) is 3.56. The molecule has 21 heavy (non-hydrogen) atoms. The topological polar surface area (TPSA) is 33.2 Å². The predicted octanol–water partition coefficient (Wildman–Crippen LogP) is 3.79. The number of hydrogen-bond donors (Lipinski definition) is 0. The molecular weight excluding hydrogens is 335 g/mol. The third kappa shape index (κ3) is 3.13. The molecule has 0 N–H and O–H groups in total. The fourth-order valence-corrected chi connectivity index (χ4v) is 2.68. The molecule has 1 fully saturated rings. The standard InChI is InChI=1S/C16H14BrFN2O/c17-15-13(5-3-9-19-15)16(21)20(12-7-8-12)10-11-4-1-2-6-14(11)18/h1-6,9,12H,7-8,10H2. The molecule has 0 unspecified atom stereocenters. The van der Waals surface area contributed by atoms with Gasteiger partial charge in [-0.05, 0) is 47.0 Å². The van der Waals surface area contributed by atoms with Gasteiger partial charge in [-0.2, -0.15) is 0 Å². The molecule has 5 heteroatoms. The van der Waals surface area contributed by atoms with Crippen molar-refractivity contribution in [2.45, 2.75) is 25.4 Å². The SMILES string of the molecule is O=C(c1cccnc1Br)N(Cc1ccccc1F)C1CC1. The molecule has 0 atom stereocenters. The number of rotatable bonds is 4. The molecule has 0 bridgehead atoms. The molecular formula is C16H14BrFN2O. The molecule has 3 nitrogen and oxygen atoms in total. The van der Waals surface area contributed by atoms with Crippen molar-refractivity contribution in [1.29, 1.82) is 0 Å². The van der Waals surface area contributed by atoms with E-state index in [2.05, 4.69) is 20.9 Å². The summed E-state index contributed by atoms with van der Waals surface area (Å²) >= 11 is 3.30. The summed E-state index contributed by atoms with van der Waals surface area (Å²) < 4.78 is 14.3. The van der Waals surface area contributed by atoms with Crippen LogP contribution in [0.1, 0.15) is 28.8 Å². The molecule has 0 spiro atoms. The summed E-state index contributed by atoms with van der Waals surface area (Å²) in [6, 6.07) is 10.2. The van der Waals surface area contributed by atoms with Gasteiger partial charge in [-0.25, -0.2) is 9.37 Å². The number of aromatic nitrogens is 1. The summed E-state index contributed by atoms with van der Waals surface area (Å²) in [4.78, 5) is 18.5. The normalized spacial score (nSPS) is 14.0. The zero-order valence-electron chi connectivity index (χ0n) is 11.3. The number of nitrogens with zero attached hydrogens (tertiary/aromatic N) is 2. The molecule has 108 valence electrons. The van der Waals surface area contributed by atoms with Gasteiger partial charge in [-0.15, -0.1) is 0 Å². The maximum absolute atomic E-state index is 13.8. The zero-order chi connectivity index (χ0) is 14.8. The number of carbonyl (C=O) groups excluding carboxylic acids is 1. The van der Waals surface area contributed by atoms with Gasteiger partial charge in [0.15, 0.2) is 0 Å². The van der Waals surface area contributed by atoms with Crippen LogP contribution in [0.2, 0.25) is 0 Å². The fourth-order valence-electron chi connectivity index (χ4n) is 2.26. The molecule has 1 amide bonds. The Morgan fingerprint density at radius 1 is 1.29 bits per heavy atom. The van der Waals surface area contributed by atoms with E-state index in [-0.39, 0.29) is 24.3 Å². The average Bonchev–Trinajstić information content (AvgIpc) is 3.31. The van der Waals surface area contributed by atoms with Gasteiger partial charge in [-0.3, -0.25) is 4.79 Å². The summed E-state index contributed by atoms with van der Waals surface area (Å²) in [7, 11) is 0. The van der Waals surface area contributed by atoms with Gasteiger partial charge in [0, 0.05) is 24.3 Å². The van der Waals surface area contributed by atoms with Gasteiger partial charge >= 0.3 is 0 Å².